The molecule has 2 aromatic rings. The Morgan fingerprint density at radius 1 is 1.03 bits per heavy atom. The van der Waals surface area contributed by atoms with Crippen molar-refractivity contribution in [3.05, 3.63) is 65.5 Å². The molecule has 2 aromatic carbocycles. The monoisotopic (exact) mass is 534 g/mol. The third kappa shape index (κ3) is 6.97. The van der Waals surface area contributed by atoms with Crippen molar-refractivity contribution < 1.29 is 18.8 Å². The van der Waals surface area contributed by atoms with Gasteiger partial charge in [-0.2, -0.15) is 0 Å². The van der Waals surface area contributed by atoms with Crippen molar-refractivity contribution in [2.24, 2.45) is 11.8 Å². The van der Waals surface area contributed by atoms with E-state index in [9.17, 15) is 18.8 Å². The number of benzene rings is 2. The van der Waals surface area contributed by atoms with Gasteiger partial charge in [0.1, 0.15) is 11.9 Å². The number of nitrogens with one attached hydrogen (secondary N) is 2. The van der Waals surface area contributed by atoms with Gasteiger partial charge in [-0.15, -0.1) is 0 Å². The highest BCUT2D eigenvalue weighted by atomic mass is 19.1. The molecule has 3 amide bonds. The van der Waals surface area contributed by atoms with Crippen molar-refractivity contribution in [2.75, 3.05) is 31.1 Å². The average molecular weight is 535 g/mol. The third-order valence-electron chi connectivity index (χ3n) is 8.44. The second-order valence-electron chi connectivity index (χ2n) is 11.3. The fraction of sp³-hybridized carbons (Fsp3) is 0.516. The molecule has 1 saturated carbocycles. The van der Waals surface area contributed by atoms with Crippen LogP contribution in [0.1, 0.15) is 56.1 Å². The minimum absolute atomic E-state index is 0.0296. The summed E-state index contributed by atoms with van der Waals surface area (Å²) in [6.45, 7) is 2.72. The standard InChI is InChI=1S/C31H39FN4O3/c32-26-11-12-28-24(18-26)13-15-35(28)16-14-33-31(39)27(17-22-7-3-1-4-8-22)34-30(38)25-19-29(37)36(21-25)20-23-9-5-2-6-10-23/h2,5-6,9-12,18,22,25,27H,1,3-4,7-8,13-17,19-21H2,(H,33,39)(H,34,38)/t25?,27-/m0/s1. The van der Waals surface area contributed by atoms with Crippen molar-refractivity contribution in [1.29, 1.82) is 0 Å². The number of amides is 3. The van der Waals surface area contributed by atoms with Crippen LogP contribution in [-0.2, 0) is 27.3 Å². The number of nitrogens with zero attached hydrogens (tertiary/aromatic N) is 2. The van der Waals surface area contributed by atoms with Crippen molar-refractivity contribution >= 4 is 23.4 Å². The van der Waals surface area contributed by atoms with E-state index in [2.05, 4.69) is 15.5 Å². The van der Waals surface area contributed by atoms with Gasteiger partial charge in [0.05, 0.1) is 5.92 Å². The summed E-state index contributed by atoms with van der Waals surface area (Å²) in [5.74, 6) is -0.682. The number of anilines is 1. The fourth-order valence-electron chi connectivity index (χ4n) is 6.29. The smallest absolute Gasteiger partial charge is 0.242 e. The molecule has 5 rings (SSSR count). The van der Waals surface area contributed by atoms with Gasteiger partial charge in [-0.05, 0) is 48.1 Å². The molecule has 2 heterocycles. The van der Waals surface area contributed by atoms with E-state index in [0.717, 1.165) is 55.5 Å². The van der Waals surface area contributed by atoms with Crippen LogP contribution in [0, 0.1) is 17.7 Å². The second-order valence-corrected chi connectivity index (χ2v) is 11.3. The molecule has 0 bridgehead atoms. The van der Waals surface area contributed by atoms with E-state index in [4.69, 9.17) is 0 Å². The number of carbonyl (C=O) groups excluding carboxylic acids is 3. The molecule has 2 fully saturated rings. The number of fused-ring (bicyclic) bond motifs is 1. The number of likely N-dealkylation sites (tertiary alicyclic amines) is 1. The van der Waals surface area contributed by atoms with Crippen molar-refractivity contribution in [2.45, 2.75) is 64.0 Å². The lowest BCUT2D eigenvalue weighted by atomic mass is 9.84. The number of halogens is 1. The first-order chi connectivity index (χ1) is 19.0. The Hall–Kier alpha value is -3.42. The molecule has 208 valence electrons. The van der Waals surface area contributed by atoms with Crippen molar-refractivity contribution in [3.63, 3.8) is 0 Å². The summed E-state index contributed by atoms with van der Waals surface area (Å²) in [4.78, 5) is 43.2. The predicted octanol–water partition coefficient (Wildman–Crippen LogP) is 3.81. The van der Waals surface area contributed by atoms with Crippen LogP contribution in [0.2, 0.25) is 0 Å². The summed E-state index contributed by atoms with van der Waals surface area (Å²) < 4.78 is 13.6. The van der Waals surface area contributed by atoms with Crippen LogP contribution in [0.25, 0.3) is 0 Å². The maximum absolute atomic E-state index is 13.6. The summed E-state index contributed by atoms with van der Waals surface area (Å²) in [7, 11) is 0. The SMILES string of the molecule is O=C(N[C@@H](CC1CCCCC1)C(=O)NCCN1CCc2cc(F)ccc21)C1CC(=O)N(Cc2ccccc2)C1. The van der Waals surface area contributed by atoms with E-state index < -0.39 is 12.0 Å². The maximum Gasteiger partial charge on any atom is 0.242 e. The molecular weight excluding hydrogens is 495 g/mol. The van der Waals surface area contributed by atoms with Gasteiger partial charge in [0.25, 0.3) is 0 Å². The number of rotatable bonds is 10. The lowest BCUT2D eigenvalue weighted by molar-refractivity contribution is -0.131. The first kappa shape index (κ1) is 27.2. The Morgan fingerprint density at radius 2 is 1.82 bits per heavy atom. The molecule has 7 nitrogen and oxygen atoms in total. The van der Waals surface area contributed by atoms with Gasteiger partial charge in [-0.25, -0.2) is 4.39 Å². The molecule has 1 unspecified atom stereocenters. The molecule has 1 aliphatic carbocycles. The van der Waals surface area contributed by atoms with Gasteiger partial charge in [-0.1, -0.05) is 62.4 Å². The van der Waals surface area contributed by atoms with Crippen LogP contribution in [0.4, 0.5) is 10.1 Å². The summed E-state index contributed by atoms with van der Waals surface area (Å²) in [6, 6.07) is 14.0. The molecule has 0 radical (unpaired) electrons. The molecular formula is C31H39FN4O3. The molecule has 2 N–H and O–H groups in total. The van der Waals surface area contributed by atoms with Crippen molar-refractivity contribution in [3.8, 4) is 0 Å². The molecule has 0 spiro atoms. The molecule has 1 saturated heterocycles. The maximum atomic E-state index is 13.6. The van der Waals surface area contributed by atoms with Gasteiger partial charge in [0.2, 0.25) is 17.7 Å². The Bertz CT molecular complexity index is 1170. The summed E-state index contributed by atoms with van der Waals surface area (Å²) in [5.41, 5.74) is 3.05. The van der Waals surface area contributed by atoms with Gasteiger partial charge in [0.15, 0.2) is 0 Å². The topological polar surface area (TPSA) is 81.8 Å². The number of hydrogen-bond acceptors (Lipinski definition) is 4. The molecule has 3 aliphatic rings. The Labute approximate surface area is 230 Å². The van der Waals surface area contributed by atoms with Crippen LogP contribution >= 0.6 is 0 Å². The fourth-order valence-corrected chi connectivity index (χ4v) is 6.29. The van der Waals surface area contributed by atoms with Gasteiger partial charge in [0, 0.05) is 44.8 Å². The summed E-state index contributed by atoms with van der Waals surface area (Å²) >= 11 is 0. The third-order valence-corrected chi connectivity index (χ3v) is 8.44. The largest absolute Gasteiger partial charge is 0.369 e. The Morgan fingerprint density at radius 3 is 2.62 bits per heavy atom. The second kappa shape index (κ2) is 12.6. The predicted molar refractivity (Wildman–Crippen MR) is 148 cm³/mol. The first-order valence-electron chi connectivity index (χ1n) is 14.4. The number of hydrogen-bond donors (Lipinski definition) is 2. The minimum atomic E-state index is -0.612. The van der Waals surface area contributed by atoms with Crippen LogP contribution in [0.15, 0.2) is 48.5 Å². The van der Waals surface area contributed by atoms with E-state index in [1.807, 2.05) is 30.3 Å². The van der Waals surface area contributed by atoms with Crippen LogP contribution in [0.5, 0.6) is 0 Å². The zero-order chi connectivity index (χ0) is 27.2. The molecule has 2 aliphatic heterocycles. The van der Waals surface area contributed by atoms with Gasteiger partial charge < -0.3 is 20.4 Å². The Balaban J connectivity index is 1.17. The molecule has 39 heavy (non-hydrogen) atoms. The molecule has 8 heteroatoms. The average Bonchev–Trinajstić information content (AvgIpc) is 3.52. The van der Waals surface area contributed by atoms with E-state index in [-0.39, 0.29) is 30.0 Å². The lowest BCUT2D eigenvalue weighted by Crippen LogP contribution is -2.50. The van der Waals surface area contributed by atoms with Crippen molar-refractivity contribution in [1.82, 2.24) is 15.5 Å². The summed E-state index contributed by atoms with van der Waals surface area (Å²) in [5, 5.41) is 6.07. The normalized spacial score (nSPS) is 20.1. The van der Waals surface area contributed by atoms with E-state index >= 15 is 0 Å². The summed E-state index contributed by atoms with van der Waals surface area (Å²) in [6.07, 6.45) is 7.29. The highest BCUT2D eigenvalue weighted by Gasteiger charge is 2.36. The number of carbonyl (C=O) groups is 3. The Kier molecular flexibility index (Phi) is 8.79. The molecule has 2 atom stereocenters. The van der Waals surface area contributed by atoms with E-state index in [1.165, 1.54) is 12.5 Å². The highest BCUT2D eigenvalue weighted by Crippen LogP contribution is 2.29. The first-order valence-corrected chi connectivity index (χ1v) is 14.4. The van der Waals surface area contributed by atoms with Crippen LogP contribution in [-0.4, -0.2) is 54.8 Å². The minimum Gasteiger partial charge on any atom is -0.369 e. The van der Waals surface area contributed by atoms with Crippen LogP contribution < -0.4 is 15.5 Å². The van der Waals surface area contributed by atoms with Crippen LogP contribution in [0.3, 0.4) is 0 Å². The van der Waals surface area contributed by atoms with E-state index in [1.54, 1.807) is 17.0 Å². The lowest BCUT2D eigenvalue weighted by Gasteiger charge is -2.28. The zero-order valence-electron chi connectivity index (χ0n) is 22.5. The quantitative estimate of drug-likeness (QED) is 0.486. The van der Waals surface area contributed by atoms with Gasteiger partial charge >= 0.3 is 0 Å². The van der Waals surface area contributed by atoms with Gasteiger partial charge in [-0.3, -0.25) is 14.4 Å². The molecule has 0 aromatic heterocycles. The zero-order valence-corrected chi connectivity index (χ0v) is 22.5. The highest BCUT2D eigenvalue weighted by molar-refractivity contribution is 5.92. The van der Waals surface area contributed by atoms with E-state index in [0.29, 0.717) is 38.5 Å².